The molecule has 5 heteroatoms. The number of ether oxygens (including phenoxy) is 1. The summed E-state index contributed by atoms with van der Waals surface area (Å²) in [5, 5.41) is 0.920. The van der Waals surface area contributed by atoms with Gasteiger partial charge in [-0.25, -0.2) is 19.3 Å². The second-order valence-electron chi connectivity index (χ2n) is 4.20. The van der Waals surface area contributed by atoms with Crippen molar-refractivity contribution in [3.8, 4) is 17.6 Å². The summed E-state index contributed by atoms with van der Waals surface area (Å²) in [6.07, 6.45) is 2.16. The molecule has 0 saturated carbocycles. The molecule has 21 heavy (non-hydrogen) atoms. The lowest BCUT2D eigenvalue weighted by Crippen LogP contribution is -1.91. The van der Waals surface area contributed by atoms with Gasteiger partial charge in [-0.1, -0.05) is 6.07 Å². The number of aromatic nitrogens is 3. The summed E-state index contributed by atoms with van der Waals surface area (Å²) in [7, 11) is 1.62. The van der Waals surface area contributed by atoms with Crippen LogP contribution in [0.4, 0.5) is 4.39 Å². The third kappa shape index (κ3) is 2.79. The summed E-state index contributed by atoms with van der Waals surface area (Å²) >= 11 is 0. The van der Waals surface area contributed by atoms with E-state index in [1.54, 1.807) is 13.2 Å². The van der Waals surface area contributed by atoms with Crippen molar-refractivity contribution in [2.45, 2.75) is 0 Å². The van der Waals surface area contributed by atoms with Crippen LogP contribution < -0.4 is 4.74 Å². The van der Waals surface area contributed by atoms with Gasteiger partial charge in [0.2, 0.25) is 5.82 Å². The molecule has 4 nitrogen and oxygen atoms in total. The van der Waals surface area contributed by atoms with Crippen molar-refractivity contribution in [1.29, 1.82) is 0 Å². The van der Waals surface area contributed by atoms with Gasteiger partial charge in [-0.15, -0.1) is 0 Å². The van der Waals surface area contributed by atoms with E-state index in [0.717, 1.165) is 29.0 Å². The van der Waals surface area contributed by atoms with Gasteiger partial charge in [-0.05, 0) is 36.1 Å². The Morgan fingerprint density at radius 3 is 2.62 bits per heavy atom. The predicted molar refractivity (Wildman–Crippen MR) is 76.3 cm³/mol. The van der Waals surface area contributed by atoms with Gasteiger partial charge in [0.05, 0.1) is 25.0 Å². The first-order chi connectivity index (χ1) is 10.3. The number of pyridine rings is 1. The maximum Gasteiger partial charge on any atom is 0.205 e. The number of methoxy groups -OCH3 is 1. The van der Waals surface area contributed by atoms with Crippen LogP contribution in [0.3, 0.4) is 0 Å². The molecule has 0 atom stereocenters. The van der Waals surface area contributed by atoms with E-state index in [1.165, 1.54) is 0 Å². The minimum atomic E-state index is -0.489. The zero-order valence-electron chi connectivity index (χ0n) is 11.2. The van der Waals surface area contributed by atoms with E-state index in [-0.39, 0.29) is 5.82 Å². The van der Waals surface area contributed by atoms with Crippen LogP contribution in [0.2, 0.25) is 0 Å². The number of nitrogens with zero attached hydrogens (tertiary/aromatic N) is 3. The SMILES string of the molecule is COc1cccc2nc(C#Cc3ncc(F)cn3)ccc12. The van der Waals surface area contributed by atoms with Crippen molar-refractivity contribution in [2.24, 2.45) is 0 Å². The minimum Gasteiger partial charge on any atom is -0.496 e. The molecule has 0 amide bonds. The van der Waals surface area contributed by atoms with E-state index >= 15 is 0 Å². The van der Waals surface area contributed by atoms with Crippen molar-refractivity contribution in [3.63, 3.8) is 0 Å². The highest BCUT2D eigenvalue weighted by Gasteiger charge is 2.02. The molecular weight excluding hydrogens is 269 g/mol. The normalized spacial score (nSPS) is 10.0. The van der Waals surface area contributed by atoms with Crippen molar-refractivity contribution >= 4 is 10.9 Å². The highest BCUT2D eigenvalue weighted by molar-refractivity contribution is 5.85. The number of benzene rings is 1. The van der Waals surface area contributed by atoms with Crippen molar-refractivity contribution in [1.82, 2.24) is 15.0 Å². The Balaban J connectivity index is 1.97. The summed E-state index contributed by atoms with van der Waals surface area (Å²) in [6, 6.07) is 9.33. The standard InChI is InChI=1S/C16H10FN3O/c1-21-15-4-2-3-14-13(15)7-5-12(20-14)6-8-16-18-9-11(17)10-19-16/h2-5,7,9-10H,1H3. The maximum atomic E-state index is 12.7. The Morgan fingerprint density at radius 2 is 1.86 bits per heavy atom. The quantitative estimate of drug-likeness (QED) is 0.642. The van der Waals surface area contributed by atoms with E-state index in [2.05, 4.69) is 26.8 Å². The van der Waals surface area contributed by atoms with Gasteiger partial charge in [-0.3, -0.25) is 0 Å². The van der Waals surface area contributed by atoms with Crippen LogP contribution in [-0.2, 0) is 0 Å². The predicted octanol–water partition coefficient (Wildman–Crippen LogP) is 2.57. The highest BCUT2D eigenvalue weighted by Crippen LogP contribution is 2.23. The van der Waals surface area contributed by atoms with E-state index in [0.29, 0.717) is 5.69 Å². The molecule has 0 saturated heterocycles. The molecular formula is C16H10FN3O. The second-order valence-corrected chi connectivity index (χ2v) is 4.20. The Labute approximate surface area is 120 Å². The average molecular weight is 279 g/mol. The van der Waals surface area contributed by atoms with E-state index < -0.39 is 5.82 Å². The van der Waals surface area contributed by atoms with Crippen molar-refractivity contribution in [2.75, 3.05) is 7.11 Å². The summed E-state index contributed by atoms with van der Waals surface area (Å²) < 4.78 is 18.0. The monoisotopic (exact) mass is 279 g/mol. The lowest BCUT2D eigenvalue weighted by Gasteiger charge is -2.04. The molecule has 3 rings (SSSR count). The first kappa shape index (κ1) is 13.0. The summed E-state index contributed by atoms with van der Waals surface area (Å²) in [5.41, 5.74) is 1.38. The van der Waals surface area contributed by atoms with Crippen molar-refractivity contribution in [3.05, 3.63) is 60.1 Å². The zero-order valence-corrected chi connectivity index (χ0v) is 11.2. The van der Waals surface area contributed by atoms with Gasteiger partial charge in [0.25, 0.3) is 0 Å². The fraction of sp³-hybridized carbons (Fsp3) is 0.0625. The largest absolute Gasteiger partial charge is 0.496 e. The number of fused-ring (bicyclic) bond motifs is 1. The zero-order chi connectivity index (χ0) is 14.7. The molecule has 0 radical (unpaired) electrons. The van der Waals surface area contributed by atoms with Crippen LogP contribution >= 0.6 is 0 Å². The highest BCUT2D eigenvalue weighted by atomic mass is 19.1. The van der Waals surface area contributed by atoms with Gasteiger partial charge in [0.15, 0.2) is 5.82 Å². The molecule has 0 fully saturated rings. The number of halogens is 1. The fourth-order valence-corrected chi connectivity index (χ4v) is 1.87. The third-order valence-electron chi connectivity index (χ3n) is 2.83. The number of hydrogen-bond donors (Lipinski definition) is 0. The average Bonchev–Trinajstić information content (AvgIpc) is 2.53. The van der Waals surface area contributed by atoms with Gasteiger partial charge in [0, 0.05) is 5.39 Å². The van der Waals surface area contributed by atoms with Crippen LogP contribution in [0.5, 0.6) is 5.75 Å². The Morgan fingerprint density at radius 1 is 1.05 bits per heavy atom. The van der Waals surface area contributed by atoms with E-state index in [9.17, 15) is 4.39 Å². The molecule has 0 spiro atoms. The lowest BCUT2D eigenvalue weighted by atomic mass is 10.2. The number of hydrogen-bond acceptors (Lipinski definition) is 4. The van der Waals surface area contributed by atoms with Crippen LogP contribution in [0.15, 0.2) is 42.7 Å². The minimum absolute atomic E-state index is 0.254. The van der Waals surface area contributed by atoms with Crippen LogP contribution in [0, 0.1) is 17.7 Å². The topological polar surface area (TPSA) is 47.9 Å². The Hall–Kier alpha value is -3.00. The first-order valence-electron chi connectivity index (χ1n) is 6.19. The molecule has 0 N–H and O–H groups in total. The van der Waals surface area contributed by atoms with Gasteiger partial charge in [0.1, 0.15) is 11.4 Å². The maximum absolute atomic E-state index is 12.7. The van der Waals surface area contributed by atoms with Crippen LogP contribution in [0.25, 0.3) is 10.9 Å². The summed E-state index contributed by atoms with van der Waals surface area (Å²) in [4.78, 5) is 12.0. The van der Waals surface area contributed by atoms with E-state index in [4.69, 9.17) is 4.74 Å². The molecule has 0 bridgehead atoms. The molecule has 0 aliphatic rings. The molecule has 1 aromatic carbocycles. The third-order valence-corrected chi connectivity index (χ3v) is 2.83. The lowest BCUT2D eigenvalue weighted by molar-refractivity contribution is 0.420. The second kappa shape index (κ2) is 5.55. The van der Waals surface area contributed by atoms with Crippen molar-refractivity contribution < 1.29 is 9.13 Å². The van der Waals surface area contributed by atoms with Gasteiger partial charge in [-0.2, -0.15) is 0 Å². The van der Waals surface area contributed by atoms with E-state index in [1.807, 2.05) is 24.3 Å². The fourth-order valence-electron chi connectivity index (χ4n) is 1.87. The molecule has 2 heterocycles. The molecule has 102 valence electrons. The molecule has 0 aliphatic carbocycles. The number of rotatable bonds is 1. The van der Waals surface area contributed by atoms with Crippen LogP contribution in [0.1, 0.15) is 11.5 Å². The first-order valence-corrected chi connectivity index (χ1v) is 6.19. The molecule has 3 aromatic rings. The van der Waals surface area contributed by atoms with Crippen LogP contribution in [-0.4, -0.2) is 22.1 Å². The van der Waals surface area contributed by atoms with Gasteiger partial charge < -0.3 is 4.74 Å². The summed E-state index contributed by atoms with van der Waals surface area (Å²) in [6.45, 7) is 0. The Bertz CT molecular complexity index is 851. The smallest absolute Gasteiger partial charge is 0.205 e. The molecule has 2 aromatic heterocycles. The molecule has 0 unspecified atom stereocenters. The summed E-state index contributed by atoms with van der Waals surface area (Å²) in [5.74, 6) is 6.14. The Kier molecular flexibility index (Phi) is 3.44. The molecule has 0 aliphatic heterocycles. The van der Waals surface area contributed by atoms with Gasteiger partial charge >= 0.3 is 0 Å².